The molecule has 0 aliphatic rings. The second-order valence-corrected chi connectivity index (χ2v) is 20.5. The van der Waals surface area contributed by atoms with Gasteiger partial charge in [0.1, 0.15) is 0 Å². The number of aromatic nitrogens is 5. The molecule has 15 rings (SSSR count). The van der Waals surface area contributed by atoms with E-state index in [2.05, 4.69) is 180 Å². The largest absolute Gasteiger partial charge is 0.309 e. The van der Waals surface area contributed by atoms with Crippen LogP contribution in [0.3, 0.4) is 0 Å². The molecule has 0 fully saturated rings. The lowest BCUT2D eigenvalue weighted by molar-refractivity contribution is 1.16. The average molecular weight is 1060 g/mol. The Labute approximate surface area is 476 Å². The Morgan fingerprint density at radius 3 is 1.25 bits per heavy atom. The highest BCUT2D eigenvalue weighted by atomic mass is 15.0. The average Bonchev–Trinajstić information content (AvgIpc) is 2.66. The molecular weight excluding hydrogens is 1010 g/mol. The molecule has 0 aliphatic carbocycles. The van der Waals surface area contributed by atoms with Crippen molar-refractivity contribution in [1.29, 1.82) is 5.26 Å². The van der Waals surface area contributed by atoms with Crippen molar-refractivity contribution in [2.45, 2.75) is 0 Å². The Bertz CT molecular complexity index is 5020. The fraction of sp³-hybridized carbons (Fsp3) is 0. The summed E-state index contributed by atoms with van der Waals surface area (Å²) >= 11 is 0. The maximum atomic E-state index is 10.8. The number of fused-ring (bicyclic) bond motifs is 9. The van der Waals surface area contributed by atoms with Crippen LogP contribution in [0.25, 0.3) is 153 Å². The van der Waals surface area contributed by atoms with Gasteiger partial charge < -0.3 is 13.7 Å². The van der Waals surface area contributed by atoms with Crippen molar-refractivity contribution in [3.8, 4) is 79.3 Å². The molecule has 382 valence electrons. The molecule has 0 saturated carbocycles. The number of nitriles is 1. The third kappa shape index (κ3) is 7.90. The van der Waals surface area contributed by atoms with Gasteiger partial charge in [0, 0.05) is 60.5 Å². The van der Waals surface area contributed by atoms with Crippen LogP contribution in [-0.4, -0.2) is 23.7 Å². The molecule has 4 heterocycles. The Kier molecular flexibility index (Phi) is 11.2. The molecule has 0 saturated heterocycles. The molecule has 0 amide bonds. The molecule has 4 aromatic heterocycles. The van der Waals surface area contributed by atoms with Crippen LogP contribution in [0.2, 0.25) is 0 Å². The minimum atomic E-state index is 0.427. The van der Waals surface area contributed by atoms with Gasteiger partial charge in [-0.25, -0.2) is 24.5 Å². The van der Waals surface area contributed by atoms with Crippen molar-refractivity contribution in [3.63, 3.8) is 0 Å². The fourth-order valence-electron chi connectivity index (χ4n) is 12.1. The summed E-state index contributed by atoms with van der Waals surface area (Å²) in [6, 6.07) is 86.6. The van der Waals surface area contributed by atoms with E-state index in [1.165, 1.54) is 21.5 Å². The van der Waals surface area contributed by atoms with Crippen molar-refractivity contribution in [1.82, 2.24) is 23.7 Å². The predicted octanol–water partition coefficient (Wildman–Crippen LogP) is 19.6. The zero-order valence-corrected chi connectivity index (χ0v) is 44.2. The van der Waals surface area contributed by atoms with Crippen LogP contribution in [0.1, 0.15) is 5.56 Å². The summed E-state index contributed by atoms with van der Waals surface area (Å²) in [5.74, 6) is 0.447. The van der Waals surface area contributed by atoms with Crippen molar-refractivity contribution in [2.75, 3.05) is 0 Å². The molecule has 15 aromatic rings. The van der Waals surface area contributed by atoms with Gasteiger partial charge in [-0.15, -0.1) is 0 Å². The van der Waals surface area contributed by atoms with Crippen LogP contribution in [0.4, 0.5) is 17.1 Å². The summed E-state index contributed by atoms with van der Waals surface area (Å²) in [5, 5.41) is 17.8. The minimum absolute atomic E-state index is 0.427. The summed E-state index contributed by atoms with van der Waals surface area (Å²) < 4.78 is 7.07. The second-order valence-electron chi connectivity index (χ2n) is 20.5. The van der Waals surface area contributed by atoms with Crippen molar-refractivity contribution >= 4 is 82.5 Å². The molecule has 0 atom stereocenters. The lowest BCUT2D eigenvalue weighted by atomic mass is 9.93. The highest BCUT2D eigenvalue weighted by Crippen LogP contribution is 2.42. The van der Waals surface area contributed by atoms with E-state index in [4.69, 9.17) is 29.7 Å². The molecule has 0 aliphatic heterocycles. The summed E-state index contributed by atoms with van der Waals surface area (Å²) in [6.45, 7) is 23.6. The third-order valence-corrected chi connectivity index (χ3v) is 15.9. The van der Waals surface area contributed by atoms with E-state index in [1.807, 2.05) is 78.9 Å². The van der Waals surface area contributed by atoms with Gasteiger partial charge in [-0.1, -0.05) is 146 Å². The Morgan fingerprint density at radius 2 is 0.747 bits per heavy atom. The molecule has 0 N–H and O–H groups in total. The maximum Gasteiger partial charge on any atom is 0.195 e. The number of nitrogens with zero attached hydrogens (tertiary/aromatic N) is 9. The molecule has 0 radical (unpaired) electrons. The van der Waals surface area contributed by atoms with Gasteiger partial charge in [-0.3, -0.25) is 0 Å². The minimum Gasteiger partial charge on any atom is -0.309 e. The summed E-state index contributed by atoms with van der Waals surface area (Å²) in [6.07, 6.45) is 0. The van der Waals surface area contributed by atoms with Crippen LogP contribution in [0.15, 0.2) is 249 Å². The van der Waals surface area contributed by atoms with E-state index in [9.17, 15) is 5.26 Å². The third-order valence-electron chi connectivity index (χ3n) is 15.9. The van der Waals surface area contributed by atoms with Gasteiger partial charge in [0.05, 0.1) is 75.8 Å². The zero-order valence-electron chi connectivity index (χ0n) is 44.2. The zero-order chi connectivity index (χ0) is 55.7. The highest BCUT2D eigenvalue weighted by Gasteiger charge is 2.21. The lowest BCUT2D eigenvalue weighted by Gasteiger charge is -2.14. The highest BCUT2D eigenvalue weighted by molar-refractivity contribution is 6.14. The van der Waals surface area contributed by atoms with E-state index in [0.29, 0.717) is 56.5 Å². The molecule has 11 aromatic carbocycles. The number of hydrogen-bond donors (Lipinski definition) is 0. The van der Waals surface area contributed by atoms with Gasteiger partial charge in [0.25, 0.3) is 0 Å². The first kappa shape index (κ1) is 48.0. The van der Waals surface area contributed by atoms with Crippen LogP contribution in [-0.2, 0) is 0 Å². The normalized spacial score (nSPS) is 11.3. The van der Waals surface area contributed by atoms with E-state index < -0.39 is 0 Å². The van der Waals surface area contributed by atoms with E-state index in [0.717, 1.165) is 83.2 Å². The first-order valence-electron chi connectivity index (χ1n) is 27.0. The van der Waals surface area contributed by atoms with Crippen molar-refractivity contribution in [2.24, 2.45) is 0 Å². The number of benzene rings is 11. The monoisotopic (exact) mass is 1060 g/mol. The Balaban J connectivity index is 0.818. The topological polar surface area (TPSA) is 77.4 Å². The predicted molar refractivity (Wildman–Crippen MR) is 336 cm³/mol. The summed E-state index contributed by atoms with van der Waals surface area (Å²) in [7, 11) is 0. The number of hydrogen-bond acceptors (Lipinski definition) is 3. The van der Waals surface area contributed by atoms with E-state index in [1.54, 1.807) is 24.3 Å². The van der Waals surface area contributed by atoms with E-state index >= 15 is 0 Å². The lowest BCUT2D eigenvalue weighted by Crippen LogP contribution is -1.96. The van der Waals surface area contributed by atoms with Gasteiger partial charge in [0.2, 0.25) is 0 Å². The second kappa shape index (κ2) is 19.3. The molecule has 0 bridgehead atoms. The van der Waals surface area contributed by atoms with E-state index in [-0.39, 0.29) is 0 Å². The quantitative estimate of drug-likeness (QED) is 0.142. The van der Waals surface area contributed by atoms with Crippen LogP contribution >= 0.6 is 0 Å². The summed E-state index contributed by atoms with van der Waals surface area (Å²) in [4.78, 5) is 21.2. The standard InChI is InChI=1S/C74H41N9/c1-76-52-16-12-14-49(38-52)66-44-65(79-74(80-66)50-15-13-17-53(39-50)77-2)48-28-26-46(27-29-48)61-43-67(78-3)62(40-51(61)45-75)47-30-32-54(33-31-47)81-72-36-34-55(82-68-22-8-4-18-57(68)58-19-5-9-23-69(58)82)41-63(72)64-42-56(35-37-73(64)81)83-70-24-10-6-20-59(70)60-21-7-11-25-71(60)83/h4-44H. The fourth-order valence-corrected chi connectivity index (χ4v) is 12.1. The summed E-state index contributed by atoms with van der Waals surface area (Å²) in [5.41, 5.74) is 18.1. The van der Waals surface area contributed by atoms with Crippen molar-refractivity contribution in [3.05, 3.63) is 289 Å². The number of para-hydroxylation sites is 4. The molecule has 83 heavy (non-hydrogen) atoms. The molecule has 0 unspecified atom stereocenters. The first-order chi connectivity index (χ1) is 40.9. The van der Waals surface area contributed by atoms with Gasteiger partial charge in [-0.2, -0.15) is 5.26 Å². The maximum absolute atomic E-state index is 10.8. The van der Waals surface area contributed by atoms with Gasteiger partial charge in [-0.05, 0) is 131 Å². The molecular formula is C74H41N9. The SMILES string of the molecule is [C-]#[N+]c1cccc(-c2cc(-c3ccc(-c4cc([N+]#[C-])c(-c5ccc(-n6c7ccc(-n8c9ccccc9c9ccccc98)cc7c7cc(-n8c9ccccc9c9ccccc98)ccc76)cc5)cc4C#N)cc3)nc(-c3cccc([N+]#[C-])c3)n2)c1. The van der Waals surface area contributed by atoms with Gasteiger partial charge in [0.15, 0.2) is 22.9 Å². The molecule has 0 spiro atoms. The van der Waals surface area contributed by atoms with Crippen LogP contribution < -0.4 is 0 Å². The smallest absolute Gasteiger partial charge is 0.195 e. The first-order valence-corrected chi connectivity index (χ1v) is 27.0. The van der Waals surface area contributed by atoms with Crippen molar-refractivity contribution < 1.29 is 0 Å². The number of rotatable bonds is 8. The Morgan fingerprint density at radius 1 is 0.325 bits per heavy atom. The molecule has 9 heteroatoms. The van der Waals surface area contributed by atoms with Crippen LogP contribution in [0, 0.1) is 31.0 Å². The van der Waals surface area contributed by atoms with Gasteiger partial charge >= 0.3 is 0 Å². The molecule has 9 nitrogen and oxygen atoms in total. The van der Waals surface area contributed by atoms with Crippen LogP contribution in [0.5, 0.6) is 0 Å². The Hall–Kier alpha value is -12.1.